The number of hydrogen-bond donors (Lipinski definition) is 2. The van der Waals surface area contributed by atoms with Gasteiger partial charge in [-0.05, 0) is 91.3 Å². The Morgan fingerprint density at radius 2 is 2.05 bits per heavy atom. The molecule has 0 aromatic carbocycles. The number of aliphatic hydroxyl groups is 1. The number of nitrogens with zero attached hydrogens (tertiary/aromatic N) is 8. The number of aryl methyl sites for hydroxylation is 1. The first-order valence-corrected chi connectivity index (χ1v) is 16.5. The maximum Gasteiger partial charge on any atom is 0.186 e. The van der Waals surface area contributed by atoms with Gasteiger partial charge in [-0.25, -0.2) is 14.6 Å². The smallest absolute Gasteiger partial charge is 0.186 e. The Labute approximate surface area is 261 Å². The van der Waals surface area contributed by atoms with Crippen LogP contribution in [0, 0.1) is 11.3 Å². The summed E-state index contributed by atoms with van der Waals surface area (Å²) >= 11 is 1.54. The Hall–Kier alpha value is -3.53. The molecule has 11 nitrogen and oxygen atoms in total. The maximum absolute atomic E-state index is 10.7. The molecule has 3 unspecified atom stereocenters. The second-order valence-electron chi connectivity index (χ2n) is 13.7. The van der Waals surface area contributed by atoms with Crippen molar-refractivity contribution in [3.63, 3.8) is 0 Å². The monoisotopic (exact) mass is 615 g/mol. The molecule has 1 aliphatic heterocycles. The van der Waals surface area contributed by atoms with E-state index in [-0.39, 0.29) is 6.04 Å². The molecule has 3 N–H and O–H groups in total. The van der Waals surface area contributed by atoms with Crippen molar-refractivity contribution >= 4 is 33.2 Å². The molecule has 0 bridgehead atoms. The van der Waals surface area contributed by atoms with Crippen LogP contribution in [0.15, 0.2) is 10.7 Å². The third kappa shape index (κ3) is 4.51. The van der Waals surface area contributed by atoms with E-state index in [0.29, 0.717) is 40.5 Å². The molecule has 1 saturated heterocycles. The molecule has 44 heavy (non-hydrogen) atoms. The van der Waals surface area contributed by atoms with Crippen LogP contribution in [0.5, 0.6) is 0 Å². The summed E-state index contributed by atoms with van der Waals surface area (Å²) in [6, 6.07) is 2.87. The minimum Gasteiger partial charge on any atom is -0.389 e. The summed E-state index contributed by atoms with van der Waals surface area (Å²) in [4.78, 5) is 15.8. The molecule has 0 radical (unpaired) electrons. The van der Waals surface area contributed by atoms with E-state index in [9.17, 15) is 10.4 Å². The number of nitrogen functional groups attached to an aromatic ring is 1. The van der Waals surface area contributed by atoms with Crippen molar-refractivity contribution in [1.82, 2.24) is 29.8 Å². The Balaban J connectivity index is 1.39. The van der Waals surface area contributed by atoms with Gasteiger partial charge in [0.2, 0.25) is 0 Å². The number of aromatic nitrogens is 5. The lowest BCUT2D eigenvalue weighted by Gasteiger charge is -2.39. The van der Waals surface area contributed by atoms with E-state index in [1.54, 1.807) is 25.2 Å². The van der Waals surface area contributed by atoms with Gasteiger partial charge in [-0.3, -0.25) is 0 Å². The van der Waals surface area contributed by atoms with Crippen LogP contribution in [0.4, 0.5) is 10.8 Å². The zero-order valence-corrected chi connectivity index (χ0v) is 27.0. The molecule has 232 valence electrons. The van der Waals surface area contributed by atoms with Crippen molar-refractivity contribution in [3.8, 4) is 17.6 Å². The van der Waals surface area contributed by atoms with E-state index < -0.39 is 11.0 Å². The summed E-state index contributed by atoms with van der Waals surface area (Å²) in [6.07, 6.45) is 9.60. The minimum atomic E-state index is -0.930. The van der Waals surface area contributed by atoms with Crippen LogP contribution < -0.4 is 10.6 Å². The number of rotatable bonds is 6. The normalized spacial score (nSPS) is 22.7. The summed E-state index contributed by atoms with van der Waals surface area (Å²) in [5.41, 5.74) is 9.07. The predicted octanol–water partition coefficient (Wildman–Crippen LogP) is 4.82. The van der Waals surface area contributed by atoms with Crippen molar-refractivity contribution in [3.05, 3.63) is 33.5 Å². The lowest BCUT2D eigenvalue weighted by atomic mass is 9.63. The predicted molar refractivity (Wildman–Crippen MR) is 171 cm³/mol. The van der Waals surface area contributed by atoms with Crippen molar-refractivity contribution in [1.29, 1.82) is 5.26 Å². The van der Waals surface area contributed by atoms with E-state index in [2.05, 4.69) is 30.1 Å². The van der Waals surface area contributed by atoms with E-state index in [1.165, 1.54) is 11.3 Å². The standard InChI is InChI=1S/C32H41N9O2S/c1-18(22-10-8-14-39(22)4)41-30-21(16-35-41)29(40(5)17-31(2,3)42)36-28(37-30)25-19-9-6-12-32(26(19)43-38-25)13-7-11-23-24(32)20(15-33)27(34)44-23/h16,18,22,42H,6-14,17,34H2,1-5H3. The number of thiophene rings is 1. The molecule has 1 fully saturated rings. The minimum absolute atomic E-state index is 0.110. The Bertz CT molecular complexity index is 1770. The third-order valence-electron chi connectivity index (χ3n) is 10.0. The van der Waals surface area contributed by atoms with Crippen molar-refractivity contribution in [2.45, 2.75) is 95.2 Å². The first kappa shape index (κ1) is 29.2. The highest BCUT2D eigenvalue weighted by molar-refractivity contribution is 7.16. The number of likely N-dealkylation sites (tertiary alicyclic amines) is 1. The summed E-state index contributed by atoms with van der Waals surface area (Å²) in [5.74, 6) is 2.02. The summed E-state index contributed by atoms with van der Waals surface area (Å²) in [5, 5.41) is 31.7. The first-order chi connectivity index (χ1) is 21.0. The number of anilines is 2. The topological polar surface area (TPSA) is 146 Å². The maximum atomic E-state index is 10.7. The van der Waals surface area contributed by atoms with Crippen LogP contribution in [-0.4, -0.2) is 73.7 Å². The summed E-state index contributed by atoms with van der Waals surface area (Å²) in [7, 11) is 4.12. The molecule has 0 amide bonds. The largest absolute Gasteiger partial charge is 0.389 e. The molecule has 0 saturated carbocycles. The van der Waals surface area contributed by atoms with Crippen molar-refractivity contribution in [2.24, 2.45) is 0 Å². The second kappa shape index (κ2) is 10.5. The molecule has 1 spiro atoms. The molecular weight excluding hydrogens is 574 g/mol. The second-order valence-corrected chi connectivity index (χ2v) is 14.8. The lowest BCUT2D eigenvalue weighted by molar-refractivity contribution is 0.0885. The first-order valence-electron chi connectivity index (χ1n) is 15.7. The number of fused-ring (bicyclic) bond motifs is 5. The number of hydrogen-bond acceptors (Lipinski definition) is 11. The SMILES string of the molecule is CC(C1CCCN1C)n1ncc2c(N(C)CC(C)(C)O)nc(-c3noc4c3CCCC43CCCc4sc(N)c(C#N)c43)nc21. The molecule has 7 rings (SSSR count). The Morgan fingerprint density at radius 3 is 2.75 bits per heavy atom. The highest BCUT2D eigenvalue weighted by Gasteiger charge is 2.49. The average Bonchev–Trinajstić information content (AvgIpc) is 3.76. The zero-order chi connectivity index (χ0) is 31.0. The van der Waals surface area contributed by atoms with Gasteiger partial charge in [0.25, 0.3) is 0 Å². The molecule has 3 atom stereocenters. The third-order valence-corrected chi connectivity index (χ3v) is 11.1. The molecule has 12 heteroatoms. The summed E-state index contributed by atoms with van der Waals surface area (Å²) < 4.78 is 8.32. The van der Waals surface area contributed by atoms with Gasteiger partial charge >= 0.3 is 0 Å². The molecule has 4 aromatic heterocycles. The number of likely N-dealkylation sites (N-methyl/N-ethyl adjacent to an activating group) is 2. The number of nitrogens with two attached hydrogens (primary N) is 1. The van der Waals surface area contributed by atoms with Gasteiger partial charge < -0.3 is 25.2 Å². The fourth-order valence-corrected chi connectivity index (χ4v) is 9.35. The fraction of sp³-hybridized carbons (Fsp3) is 0.594. The molecular formula is C32H41N9O2S. The highest BCUT2D eigenvalue weighted by atomic mass is 32.1. The molecule has 5 heterocycles. The van der Waals surface area contributed by atoms with Crippen LogP contribution >= 0.6 is 11.3 Å². The Morgan fingerprint density at radius 1 is 1.27 bits per heavy atom. The van der Waals surface area contributed by atoms with Crippen molar-refractivity contribution in [2.75, 3.05) is 37.8 Å². The van der Waals surface area contributed by atoms with Gasteiger partial charge in [-0.15, -0.1) is 11.3 Å². The Kier molecular flexibility index (Phi) is 6.99. The molecule has 3 aliphatic rings. The lowest BCUT2D eigenvalue weighted by Crippen LogP contribution is -2.37. The van der Waals surface area contributed by atoms with Gasteiger partial charge in [0, 0.05) is 30.1 Å². The van der Waals surface area contributed by atoms with Gasteiger partial charge in [0.1, 0.15) is 16.9 Å². The van der Waals surface area contributed by atoms with Gasteiger partial charge in [-0.1, -0.05) is 5.16 Å². The number of nitriles is 1. The molecule has 4 aromatic rings. The van der Waals surface area contributed by atoms with E-state index in [0.717, 1.165) is 79.4 Å². The summed E-state index contributed by atoms with van der Waals surface area (Å²) in [6.45, 7) is 7.25. The van der Waals surface area contributed by atoms with Crippen LogP contribution in [0.2, 0.25) is 0 Å². The van der Waals surface area contributed by atoms with Gasteiger partial charge in [0.15, 0.2) is 22.9 Å². The van der Waals surface area contributed by atoms with E-state index in [1.807, 2.05) is 22.8 Å². The fourth-order valence-electron chi connectivity index (χ4n) is 8.19. The van der Waals surface area contributed by atoms with Gasteiger partial charge in [-0.2, -0.15) is 10.4 Å². The average molecular weight is 616 g/mol. The van der Waals surface area contributed by atoms with Crippen molar-refractivity contribution < 1.29 is 9.63 Å². The van der Waals surface area contributed by atoms with Crippen LogP contribution in [0.25, 0.3) is 22.6 Å². The zero-order valence-electron chi connectivity index (χ0n) is 26.2. The molecule has 2 aliphatic carbocycles. The highest BCUT2D eigenvalue weighted by Crippen LogP contribution is 2.55. The quantitative estimate of drug-likeness (QED) is 0.310. The van der Waals surface area contributed by atoms with Crippen LogP contribution in [0.3, 0.4) is 0 Å². The van der Waals surface area contributed by atoms with Gasteiger partial charge in [0.05, 0.1) is 34.2 Å². The van der Waals surface area contributed by atoms with Crippen LogP contribution in [-0.2, 0) is 18.3 Å². The van der Waals surface area contributed by atoms with E-state index >= 15 is 0 Å². The van der Waals surface area contributed by atoms with E-state index in [4.69, 9.17) is 25.3 Å². The van der Waals surface area contributed by atoms with Crippen LogP contribution in [0.1, 0.15) is 92.7 Å².